The van der Waals surface area contributed by atoms with Crippen molar-refractivity contribution in [1.29, 1.82) is 0 Å². The molecule has 1 heterocycles. The molecule has 0 spiro atoms. The third kappa shape index (κ3) is 5.05. The van der Waals surface area contributed by atoms with E-state index in [1.807, 2.05) is 0 Å². The largest absolute Gasteiger partial charge is 0.493 e. The SMILES string of the molecule is CCC(=O)Oc1ccc(C(=O)Nc2ccc(NC(=O)c3ccco3)cc2)cc1OC. The molecule has 0 aliphatic rings. The Hall–Kier alpha value is -4.07. The summed E-state index contributed by atoms with van der Waals surface area (Å²) in [7, 11) is 1.43. The third-order valence-corrected chi connectivity index (χ3v) is 4.08. The predicted molar refractivity (Wildman–Crippen MR) is 110 cm³/mol. The fourth-order valence-electron chi connectivity index (χ4n) is 2.53. The van der Waals surface area contributed by atoms with Gasteiger partial charge in [0.05, 0.1) is 13.4 Å². The molecule has 0 saturated heterocycles. The maximum atomic E-state index is 12.5. The van der Waals surface area contributed by atoms with E-state index >= 15 is 0 Å². The van der Waals surface area contributed by atoms with Crippen LogP contribution in [-0.4, -0.2) is 24.9 Å². The highest BCUT2D eigenvalue weighted by molar-refractivity contribution is 6.05. The number of hydrogen-bond acceptors (Lipinski definition) is 6. The molecule has 0 radical (unpaired) electrons. The maximum Gasteiger partial charge on any atom is 0.311 e. The van der Waals surface area contributed by atoms with Gasteiger partial charge in [0.1, 0.15) is 0 Å². The highest BCUT2D eigenvalue weighted by Gasteiger charge is 2.14. The lowest BCUT2D eigenvalue weighted by atomic mass is 10.1. The molecule has 0 fully saturated rings. The van der Waals surface area contributed by atoms with E-state index in [9.17, 15) is 14.4 Å². The van der Waals surface area contributed by atoms with E-state index < -0.39 is 5.97 Å². The van der Waals surface area contributed by atoms with E-state index in [1.54, 1.807) is 43.3 Å². The van der Waals surface area contributed by atoms with Crippen LogP contribution >= 0.6 is 0 Å². The lowest BCUT2D eigenvalue weighted by molar-refractivity contribution is -0.134. The normalized spacial score (nSPS) is 10.2. The minimum absolute atomic E-state index is 0.203. The molecule has 0 bridgehead atoms. The number of ether oxygens (including phenoxy) is 2. The number of benzene rings is 2. The Kier molecular flexibility index (Phi) is 6.49. The minimum atomic E-state index is -0.398. The van der Waals surface area contributed by atoms with Crippen molar-refractivity contribution < 1.29 is 28.3 Å². The zero-order chi connectivity index (χ0) is 21.5. The number of rotatable bonds is 7. The smallest absolute Gasteiger partial charge is 0.311 e. The van der Waals surface area contributed by atoms with Gasteiger partial charge >= 0.3 is 5.97 Å². The summed E-state index contributed by atoms with van der Waals surface area (Å²) in [4.78, 5) is 36.0. The van der Waals surface area contributed by atoms with Gasteiger partial charge in [0, 0.05) is 23.4 Å². The quantitative estimate of drug-likeness (QED) is 0.450. The molecule has 1 aromatic heterocycles. The Morgan fingerprint density at radius 1 is 0.900 bits per heavy atom. The standard InChI is InChI=1S/C22H20N2O6/c1-3-20(25)30-17-11-6-14(13-19(17)28-2)21(26)23-15-7-9-16(10-8-15)24-22(27)18-5-4-12-29-18/h4-13H,3H2,1-2H3,(H,23,26)(H,24,27). The van der Waals surface area contributed by atoms with E-state index in [0.29, 0.717) is 16.9 Å². The summed E-state index contributed by atoms with van der Waals surface area (Å²) in [6, 6.07) is 14.4. The molecule has 0 aliphatic carbocycles. The average Bonchev–Trinajstić information content (AvgIpc) is 3.30. The first-order valence-corrected chi connectivity index (χ1v) is 9.15. The summed E-state index contributed by atoms with van der Waals surface area (Å²) >= 11 is 0. The first-order chi connectivity index (χ1) is 14.5. The van der Waals surface area contributed by atoms with Crippen LogP contribution in [0.15, 0.2) is 65.3 Å². The van der Waals surface area contributed by atoms with Gasteiger partial charge < -0.3 is 24.5 Å². The van der Waals surface area contributed by atoms with Crippen LogP contribution < -0.4 is 20.1 Å². The fourth-order valence-corrected chi connectivity index (χ4v) is 2.53. The molecule has 30 heavy (non-hydrogen) atoms. The van der Waals surface area contributed by atoms with Crippen molar-refractivity contribution in [1.82, 2.24) is 0 Å². The maximum absolute atomic E-state index is 12.5. The van der Waals surface area contributed by atoms with Crippen LogP contribution in [0, 0.1) is 0 Å². The van der Waals surface area contributed by atoms with Gasteiger partial charge in [0.15, 0.2) is 17.3 Å². The van der Waals surface area contributed by atoms with Crippen LogP contribution in [0.3, 0.4) is 0 Å². The number of amides is 2. The number of esters is 1. The molecule has 8 heteroatoms. The second kappa shape index (κ2) is 9.42. The zero-order valence-electron chi connectivity index (χ0n) is 16.4. The van der Waals surface area contributed by atoms with Crippen molar-refractivity contribution >= 4 is 29.2 Å². The van der Waals surface area contributed by atoms with Crippen molar-refractivity contribution in [3.05, 3.63) is 72.2 Å². The number of hydrogen-bond donors (Lipinski definition) is 2. The van der Waals surface area contributed by atoms with Gasteiger partial charge in [-0.2, -0.15) is 0 Å². The highest BCUT2D eigenvalue weighted by Crippen LogP contribution is 2.29. The van der Waals surface area contributed by atoms with E-state index in [-0.39, 0.29) is 35.5 Å². The zero-order valence-corrected chi connectivity index (χ0v) is 16.4. The number of carbonyl (C=O) groups is 3. The van der Waals surface area contributed by atoms with Crippen LogP contribution in [0.25, 0.3) is 0 Å². The Morgan fingerprint density at radius 3 is 2.13 bits per heavy atom. The molecule has 8 nitrogen and oxygen atoms in total. The van der Waals surface area contributed by atoms with Crippen LogP contribution in [0.1, 0.15) is 34.3 Å². The minimum Gasteiger partial charge on any atom is -0.493 e. The topological polar surface area (TPSA) is 107 Å². The first kappa shape index (κ1) is 20.7. The Labute approximate surface area is 172 Å². The summed E-state index contributed by atoms with van der Waals surface area (Å²) in [6.07, 6.45) is 1.65. The highest BCUT2D eigenvalue weighted by atomic mass is 16.6. The first-order valence-electron chi connectivity index (χ1n) is 9.15. The van der Waals surface area contributed by atoms with Gasteiger partial charge in [-0.25, -0.2) is 0 Å². The summed E-state index contributed by atoms with van der Waals surface area (Å²) in [6.45, 7) is 1.68. The monoisotopic (exact) mass is 408 g/mol. The lowest BCUT2D eigenvalue weighted by Gasteiger charge is -2.11. The number of methoxy groups -OCH3 is 1. The van der Waals surface area contributed by atoms with Gasteiger partial charge in [-0.15, -0.1) is 0 Å². The number of anilines is 2. The summed E-state index contributed by atoms with van der Waals surface area (Å²) in [5.74, 6) is -0.404. The summed E-state index contributed by atoms with van der Waals surface area (Å²) in [5, 5.41) is 5.45. The fraction of sp³-hybridized carbons (Fsp3) is 0.136. The molecular formula is C22H20N2O6. The molecule has 154 valence electrons. The van der Waals surface area contributed by atoms with Gasteiger partial charge in [0.25, 0.3) is 11.8 Å². The Balaban J connectivity index is 1.65. The van der Waals surface area contributed by atoms with E-state index in [1.165, 1.54) is 31.6 Å². The molecule has 3 rings (SSSR count). The summed E-state index contributed by atoms with van der Waals surface area (Å²) in [5.41, 5.74) is 1.42. The third-order valence-electron chi connectivity index (χ3n) is 4.08. The van der Waals surface area contributed by atoms with Crippen LogP contribution in [-0.2, 0) is 4.79 Å². The van der Waals surface area contributed by atoms with E-state index in [2.05, 4.69) is 10.6 Å². The molecule has 3 aromatic rings. The molecule has 0 atom stereocenters. The molecule has 0 saturated carbocycles. The van der Waals surface area contributed by atoms with Crippen LogP contribution in [0.2, 0.25) is 0 Å². The molecule has 2 amide bonds. The summed E-state index contributed by atoms with van der Waals surface area (Å²) < 4.78 is 15.4. The van der Waals surface area contributed by atoms with Gasteiger partial charge in [0.2, 0.25) is 0 Å². The van der Waals surface area contributed by atoms with Crippen molar-refractivity contribution in [2.24, 2.45) is 0 Å². The number of nitrogens with one attached hydrogen (secondary N) is 2. The average molecular weight is 408 g/mol. The number of furan rings is 1. The number of carbonyl (C=O) groups excluding carboxylic acids is 3. The second-order valence-electron chi connectivity index (χ2n) is 6.16. The lowest BCUT2D eigenvalue weighted by Crippen LogP contribution is -2.13. The van der Waals surface area contributed by atoms with Crippen molar-refractivity contribution in [2.75, 3.05) is 17.7 Å². The van der Waals surface area contributed by atoms with E-state index in [0.717, 1.165) is 0 Å². The van der Waals surface area contributed by atoms with Crippen molar-refractivity contribution in [3.8, 4) is 11.5 Å². The molecule has 2 aromatic carbocycles. The predicted octanol–water partition coefficient (Wildman–Crippen LogP) is 4.11. The Bertz CT molecular complexity index is 1040. The van der Waals surface area contributed by atoms with Crippen LogP contribution in [0.5, 0.6) is 11.5 Å². The second-order valence-corrected chi connectivity index (χ2v) is 6.16. The van der Waals surface area contributed by atoms with Crippen LogP contribution in [0.4, 0.5) is 11.4 Å². The van der Waals surface area contributed by atoms with E-state index in [4.69, 9.17) is 13.9 Å². The Morgan fingerprint density at radius 2 is 1.57 bits per heavy atom. The van der Waals surface area contributed by atoms with Gasteiger partial charge in [-0.1, -0.05) is 6.92 Å². The van der Waals surface area contributed by atoms with Crippen molar-refractivity contribution in [3.63, 3.8) is 0 Å². The molecule has 0 aliphatic heterocycles. The molecular weight excluding hydrogens is 388 g/mol. The molecule has 2 N–H and O–H groups in total. The van der Waals surface area contributed by atoms with Crippen molar-refractivity contribution in [2.45, 2.75) is 13.3 Å². The molecule has 0 unspecified atom stereocenters. The van der Waals surface area contributed by atoms with Gasteiger partial charge in [-0.3, -0.25) is 14.4 Å². The van der Waals surface area contributed by atoms with Gasteiger partial charge in [-0.05, 0) is 54.6 Å².